The number of halogens is 1. The van der Waals surface area contributed by atoms with Crippen molar-refractivity contribution in [2.24, 2.45) is 0 Å². The van der Waals surface area contributed by atoms with E-state index in [-0.39, 0.29) is 23.3 Å². The summed E-state index contributed by atoms with van der Waals surface area (Å²) in [6, 6.07) is 0.142. The molecule has 2 rings (SSSR count). The molecule has 0 aliphatic carbocycles. The van der Waals surface area contributed by atoms with E-state index < -0.39 is 0 Å². The molecule has 1 aliphatic rings. The van der Waals surface area contributed by atoms with E-state index in [1.807, 2.05) is 0 Å². The van der Waals surface area contributed by atoms with Gasteiger partial charge in [0.05, 0.1) is 6.10 Å². The Hall–Kier alpha value is -1.14. The molecular weight excluding hydrogens is 220 g/mol. The first kappa shape index (κ1) is 10.4. The van der Waals surface area contributed by atoms with Gasteiger partial charge in [0, 0.05) is 6.61 Å². The van der Waals surface area contributed by atoms with Gasteiger partial charge in [-0.2, -0.15) is 15.0 Å². The summed E-state index contributed by atoms with van der Waals surface area (Å²) >= 11 is 5.59. The lowest BCUT2D eigenvalue weighted by atomic mass is 10.2. The Kier molecular flexibility index (Phi) is 3.17. The van der Waals surface area contributed by atoms with Gasteiger partial charge in [0.2, 0.25) is 11.2 Å². The molecule has 2 heterocycles. The molecule has 6 nitrogen and oxygen atoms in total. The summed E-state index contributed by atoms with van der Waals surface area (Å²) in [4.78, 5) is 11.2. The summed E-state index contributed by atoms with van der Waals surface area (Å²) in [6.45, 7) is 1.20. The highest BCUT2D eigenvalue weighted by atomic mass is 35.5. The molecule has 0 radical (unpaired) electrons. The highest BCUT2D eigenvalue weighted by molar-refractivity contribution is 6.28. The zero-order chi connectivity index (χ0) is 10.7. The van der Waals surface area contributed by atoms with E-state index in [4.69, 9.17) is 26.8 Å². The molecule has 0 saturated carbocycles. The molecule has 1 aromatic rings. The largest absolute Gasteiger partial charge is 0.461 e. The van der Waals surface area contributed by atoms with Gasteiger partial charge in [-0.3, -0.25) is 0 Å². The number of rotatable bonds is 3. The first-order chi connectivity index (χ1) is 7.24. The number of nitrogens with two attached hydrogens (primary N) is 1. The second-order valence-corrected chi connectivity index (χ2v) is 3.53. The van der Waals surface area contributed by atoms with Crippen molar-refractivity contribution in [1.29, 1.82) is 0 Å². The molecule has 1 aromatic heterocycles. The van der Waals surface area contributed by atoms with Crippen LogP contribution in [0.25, 0.3) is 0 Å². The van der Waals surface area contributed by atoms with E-state index in [9.17, 15) is 0 Å². The molecule has 0 aromatic carbocycles. The summed E-state index contributed by atoms with van der Waals surface area (Å²) in [5.74, 6) is 0.0531. The predicted molar refractivity (Wildman–Crippen MR) is 53.7 cm³/mol. The Balaban J connectivity index is 1.92. The fourth-order valence-electron chi connectivity index (χ4n) is 1.35. The van der Waals surface area contributed by atoms with Gasteiger partial charge in [-0.05, 0) is 24.4 Å². The van der Waals surface area contributed by atoms with Crippen molar-refractivity contribution in [1.82, 2.24) is 15.0 Å². The normalized spacial score (nSPS) is 20.5. The SMILES string of the molecule is Nc1nc(Cl)nc(OCC2CCCO2)n1. The summed E-state index contributed by atoms with van der Waals surface area (Å²) < 4.78 is 10.7. The fourth-order valence-corrected chi connectivity index (χ4v) is 1.51. The number of nitrogens with zero attached hydrogens (tertiary/aromatic N) is 3. The quantitative estimate of drug-likeness (QED) is 0.822. The van der Waals surface area contributed by atoms with Gasteiger partial charge >= 0.3 is 6.01 Å². The molecular formula is C8H11ClN4O2. The Morgan fingerprint density at radius 1 is 1.47 bits per heavy atom. The van der Waals surface area contributed by atoms with Gasteiger partial charge < -0.3 is 15.2 Å². The standard InChI is InChI=1S/C8H11ClN4O2/c9-6-11-7(10)13-8(12-6)15-4-5-2-1-3-14-5/h5H,1-4H2,(H2,10,11,12,13). The molecule has 2 N–H and O–H groups in total. The monoisotopic (exact) mass is 230 g/mol. The second kappa shape index (κ2) is 4.59. The third-order valence-electron chi connectivity index (χ3n) is 2.03. The van der Waals surface area contributed by atoms with Crippen LogP contribution in [0.2, 0.25) is 5.28 Å². The maximum absolute atomic E-state index is 5.59. The van der Waals surface area contributed by atoms with Gasteiger partial charge in [0.15, 0.2) is 0 Å². The minimum Gasteiger partial charge on any atom is -0.461 e. The van der Waals surface area contributed by atoms with Crippen LogP contribution in [0.1, 0.15) is 12.8 Å². The third kappa shape index (κ3) is 2.90. The molecule has 1 saturated heterocycles. The molecule has 7 heteroatoms. The van der Waals surface area contributed by atoms with E-state index in [2.05, 4.69) is 15.0 Å². The number of anilines is 1. The van der Waals surface area contributed by atoms with Crippen molar-refractivity contribution < 1.29 is 9.47 Å². The average Bonchev–Trinajstić information content (AvgIpc) is 2.65. The number of ether oxygens (including phenoxy) is 2. The van der Waals surface area contributed by atoms with Crippen LogP contribution >= 0.6 is 11.6 Å². The zero-order valence-electron chi connectivity index (χ0n) is 8.02. The van der Waals surface area contributed by atoms with Crippen LogP contribution in [-0.2, 0) is 4.74 Å². The summed E-state index contributed by atoms with van der Waals surface area (Å²) in [7, 11) is 0. The molecule has 0 amide bonds. The smallest absolute Gasteiger partial charge is 0.322 e. The lowest BCUT2D eigenvalue weighted by Gasteiger charge is -2.09. The van der Waals surface area contributed by atoms with E-state index in [0.29, 0.717) is 6.61 Å². The van der Waals surface area contributed by atoms with Gasteiger partial charge in [-0.1, -0.05) is 0 Å². The number of aromatic nitrogens is 3. The van der Waals surface area contributed by atoms with E-state index in [0.717, 1.165) is 19.4 Å². The summed E-state index contributed by atoms with van der Waals surface area (Å²) in [5, 5.41) is 0.0323. The third-order valence-corrected chi connectivity index (χ3v) is 2.20. The molecule has 1 atom stereocenters. The van der Waals surface area contributed by atoms with Crippen LogP contribution in [0.4, 0.5) is 5.95 Å². The van der Waals surface area contributed by atoms with Crippen molar-refractivity contribution in [3.63, 3.8) is 0 Å². The van der Waals surface area contributed by atoms with Crippen molar-refractivity contribution in [3.05, 3.63) is 5.28 Å². The fraction of sp³-hybridized carbons (Fsp3) is 0.625. The first-order valence-corrected chi connectivity index (χ1v) is 5.03. The Bertz CT molecular complexity index is 323. The molecule has 1 fully saturated rings. The van der Waals surface area contributed by atoms with Crippen LogP contribution in [0.15, 0.2) is 0 Å². The van der Waals surface area contributed by atoms with Crippen LogP contribution in [0, 0.1) is 0 Å². The number of hydrogen-bond donors (Lipinski definition) is 1. The number of nitrogen functional groups attached to an aromatic ring is 1. The molecule has 0 spiro atoms. The van der Waals surface area contributed by atoms with Crippen molar-refractivity contribution in [3.8, 4) is 6.01 Å². The highest BCUT2D eigenvalue weighted by Gasteiger charge is 2.16. The minimum atomic E-state index is 0.0323. The Labute approximate surface area is 91.8 Å². The minimum absolute atomic E-state index is 0.0323. The molecule has 0 bridgehead atoms. The van der Waals surface area contributed by atoms with E-state index >= 15 is 0 Å². The number of hydrogen-bond acceptors (Lipinski definition) is 6. The second-order valence-electron chi connectivity index (χ2n) is 3.19. The Morgan fingerprint density at radius 3 is 3.00 bits per heavy atom. The zero-order valence-corrected chi connectivity index (χ0v) is 8.78. The van der Waals surface area contributed by atoms with Crippen LogP contribution in [0.3, 0.4) is 0 Å². The van der Waals surface area contributed by atoms with Gasteiger partial charge in [0.1, 0.15) is 6.61 Å². The maximum Gasteiger partial charge on any atom is 0.322 e. The Morgan fingerprint density at radius 2 is 2.33 bits per heavy atom. The van der Waals surface area contributed by atoms with Gasteiger partial charge in [-0.25, -0.2) is 0 Å². The van der Waals surface area contributed by atoms with Crippen molar-refractivity contribution in [2.75, 3.05) is 18.9 Å². The van der Waals surface area contributed by atoms with Gasteiger partial charge in [-0.15, -0.1) is 0 Å². The topological polar surface area (TPSA) is 83.2 Å². The van der Waals surface area contributed by atoms with Crippen LogP contribution in [0.5, 0.6) is 6.01 Å². The summed E-state index contributed by atoms with van der Waals surface area (Å²) in [6.07, 6.45) is 2.17. The van der Waals surface area contributed by atoms with Gasteiger partial charge in [0.25, 0.3) is 0 Å². The molecule has 15 heavy (non-hydrogen) atoms. The van der Waals surface area contributed by atoms with E-state index in [1.165, 1.54) is 0 Å². The predicted octanol–water partition coefficient (Wildman–Crippen LogP) is 0.665. The molecule has 1 unspecified atom stereocenters. The highest BCUT2D eigenvalue weighted by Crippen LogP contribution is 2.14. The lowest BCUT2D eigenvalue weighted by Crippen LogP contribution is -2.17. The maximum atomic E-state index is 5.59. The van der Waals surface area contributed by atoms with Crippen LogP contribution < -0.4 is 10.5 Å². The van der Waals surface area contributed by atoms with E-state index in [1.54, 1.807) is 0 Å². The van der Waals surface area contributed by atoms with Crippen molar-refractivity contribution in [2.45, 2.75) is 18.9 Å². The molecule has 82 valence electrons. The lowest BCUT2D eigenvalue weighted by molar-refractivity contribution is 0.0645. The summed E-state index contributed by atoms with van der Waals surface area (Å²) in [5.41, 5.74) is 5.39. The first-order valence-electron chi connectivity index (χ1n) is 4.65. The van der Waals surface area contributed by atoms with Crippen LogP contribution in [-0.4, -0.2) is 34.3 Å². The molecule has 1 aliphatic heterocycles. The van der Waals surface area contributed by atoms with Crippen molar-refractivity contribution >= 4 is 17.5 Å². The average molecular weight is 231 g/mol.